The maximum Gasteiger partial charge on any atom is 0.240 e. The standard InChI is InChI=1S/C23H24Cl2N4O2S/c24-15-10-16(25)12-17(11-15)32-29-8-4-3-7-21(29)23(31)28-20(22(26)30)9-14-13-27-19-6-2-1-5-18(14)19/h1-2,5-6,10-13,20-21,27H,3-4,7-9H2,(H2,26,30)(H,28,31)/t20-,21-/m0/s1. The Balaban J connectivity index is 1.48. The van der Waals surface area contributed by atoms with Crippen LogP contribution in [-0.2, 0) is 16.0 Å². The van der Waals surface area contributed by atoms with Crippen molar-refractivity contribution in [2.45, 2.75) is 42.7 Å². The van der Waals surface area contributed by atoms with Gasteiger partial charge in [-0.2, -0.15) is 0 Å². The fraction of sp³-hybridized carbons (Fsp3) is 0.304. The second-order valence-corrected chi connectivity index (χ2v) is 9.87. The Morgan fingerprint density at radius 1 is 1.19 bits per heavy atom. The number of aromatic amines is 1. The Labute approximate surface area is 200 Å². The molecule has 32 heavy (non-hydrogen) atoms. The molecule has 3 aromatic rings. The molecule has 1 saturated heterocycles. The summed E-state index contributed by atoms with van der Waals surface area (Å²) in [6, 6.07) is 12.0. The molecule has 2 amide bonds. The molecular weight excluding hydrogens is 467 g/mol. The van der Waals surface area contributed by atoms with E-state index < -0.39 is 11.9 Å². The van der Waals surface area contributed by atoms with E-state index in [2.05, 4.69) is 10.3 Å². The highest BCUT2D eigenvalue weighted by molar-refractivity contribution is 7.97. The fourth-order valence-electron chi connectivity index (χ4n) is 4.00. The third-order valence-corrected chi connectivity index (χ3v) is 7.13. The SMILES string of the molecule is NC(=O)[C@H](Cc1c[nH]c2ccccc12)NC(=O)[C@@H]1CCCCN1Sc1cc(Cl)cc(Cl)c1. The molecule has 1 aromatic heterocycles. The maximum atomic E-state index is 13.2. The van der Waals surface area contributed by atoms with Crippen molar-refractivity contribution in [3.8, 4) is 0 Å². The lowest BCUT2D eigenvalue weighted by Gasteiger charge is -2.34. The van der Waals surface area contributed by atoms with Gasteiger partial charge >= 0.3 is 0 Å². The second-order valence-electron chi connectivity index (χ2n) is 7.88. The van der Waals surface area contributed by atoms with Gasteiger partial charge in [-0.1, -0.05) is 47.8 Å². The molecule has 1 fully saturated rings. The van der Waals surface area contributed by atoms with Gasteiger partial charge in [0.25, 0.3) is 0 Å². The molecule has 4 rings (SSSR count). The fourth-order valence-corrected chi connectivity index (χ4v) is 5.84. The number of nitrogens with one attached hydrogen (secondary N) is 2. The number of carbonyl (C=O) groups excluding carboxylic acids is 2. The summed E-state index contributed by atoms with van der Waals surface area (Å²) in [4.78, 5) is 29.4. The smallest absolute Gasteiger partial charge is 0.240 e. The molecule has 2 atom stereocenters. The summed E-state index contributed by atoms with van der Waals surface area (Å²) in [6.07, 6.45) is 4.81. The first-order valence-electron chi connectivity index (χ1n) is 10.5. The minimum atomic E-state index is -0.795. The number of fused-ring (bicyclic) bond motifs is 1. The van der Waals surface area contributed by atoms with Gasteiger partial charge < -0.3 is 16.0 Å². The topological polar surface area (TPSA) is 91.2 Å². The molecule has 0 bridgehead atoms. The molecule has 9 heteroatoms. The zero-order chi connectivity index (χ0) is 22.7. The predicted molar refractivity (Wildman–Crippen MR) is 130 cm³/mol. The highest BCUT2D eigenvalue weighted by Crippen LogP contribution is 2.33. The summed E-state index contributed by atoms with van der Waals surface area (Å²) in [5.74, 6) is -0.755. The van der Waals surface area contributed by atoms with Crippen molar-refractivity contribution in [2.24, 2.45) is 5.73 Å². The van der Waals surface area contributed by atoms with Crippen LogP contribution in [0.3, 0.4) is 0 Å². The van der Waals surface area contributed by atoms with Gasteiger partial charge in [0, 0.05) is 45.0 Å². The lowest BCUT2D eigenvalue weighted by atomic mass is 10.0. The van der Waals surface area contributed by atoms with Crippen LogP contribution in [0.15, 0.2) is 53.6 Å². The molecule has 1 aliphatic rings. The molecule has 1 aliphatic heterocycles. The maximum absolute atomic E-state index is 13.2. The summed E-state index contributed by atoms with van der Waals surface area (Å²) in [6.45, 7) is 0.747. The first kappa shape index (κ1) is 23.0. The third-order valence-electron chi connectivity index (χ3n) is 5.57. The van der Waals surface area contributed by atoms with Crippen molar-refractivity contribution in [1.29, 1.82) is 0 Å². The summed E-state index contributed by atoms with van der Waals surface area (Å²) >= 11 is 13.7. The van der Waals surface area contributed by atoms with Crippen LogP contribution in [0.1, 0.15) is 24.8 Å². The van der Waals surface area contributed by atoms with E-state index in [0.29, 0.717) is 22.9 Å². The third kappa shape index (κ3) is 5.41. The summed E-state index contributed by atoms with van der Waals surface area (Å²) in [5, 5.41) is 5.00. The van der Waals surface area contributed by atoms with Crippen LogP contribution in [0.5, 0.6) is 0 Å². The van der Waals surface area contributed by atoms with E-state index in [1.807, 2.05) is 46.9 Å². The largest absolute Gasteiger partial charge is 0.368 e. The Morgan fingerprint density at radius 2 is 1.94 bits per heavy atom. The van der Waals surface area contributed by atoms with Gasteiger partial charge in [-0.25, -0.2) is 4.31 Å². The molecule has 0 radical (unpaired) electrons. The van der Waals surface area contributed by atoms with Crippen LogP contribution < -0.4 is 11.1 Å². The van der Waals surface area contributed by atoms with Crippen LogP contribution in [0.4, 0.5) is 0 Å². The Hall–Kier alpha value is -2.19. The molecule has 2 aromatic carbocycles. The average Bonchev–Trinajstić information content (AvgIpc) is 3.16. The van der Waals surface area contributed by atoms with E-state index in [9.17, 15) is 9.59 Å². The van der Waals surface area contributed by atoms with Gasteiger partial charge in [0.15, 0.2) is 0 Å². The van der Waals surface area contributed by atoms with Gasteiger partial charge in [0.05, 0.1) is 6.04 Å². The van der Waals surface area contributed by atoms with Crippen LogP contribution in [0.2, 0.25) is 10.0 Å². The summed E-state index contributed by atoms with van der Waals surface area (Å²) in [5.41, 5.74) is 7.57. The number of halogens is 2. The molecule has 168 valence electrons. The minimum absolute atomic E-state index is 0.200. The van der Waals surface area contributed by atoms with E-state index in [1.54, 1.807) is 6.07 Å². The number of para-hydroxylation sites is 1. The molecule has 6 nitrogen and oxygen atoms in total. The Bertz CT molecular complexity index is 1120. The molecule has 2 heterocycles. The lowest BCUT2D eigenvalue weighted by molar-refractivity contribution is -0.130. The number of nitrogens with zero attached hydrogens (tertiary/aromatic N) is 1. The molecule has 0 saturated carbocycles. The van der Waals surface area contributed by atoms with Crippen LogP contribution in [-0.4, -0.2) is 39.7 Å². The van der Waals surface area contributed by atoms with Crippen molar-refractivity contribution in [3.05, 3.63) is 64.3 Å². The highest BCUT2D eigenvalue weighted by Gasteiger charge is 2.32. The first-order chi connectivity index (χ1) is 15.4. The number of rotatable bonds is 7. The highest BCUT2D eigenvalue weighted by atomic mass is 35.5. The number of H-pyrrole nitrogens is 1. The molecule has 0 spiro atoms. The number of nitrogens with two attached hydrogens (primary N) is 1. The number of hydrogen-bond acceptors (Lipinski definition) is 4. The van der Waals surface area contributed by atoms with E-state index >= 15 is 0 Å². The molecule has 0 unspecified atom stereocenters. The first-order valence-corrected chi connectivity index (χ1v) is 12.0. The number of aromatic nitrogens is 1. The second kappa shape index (κ2) is 10.2. The normalized spacial score (nSPS) is 17.9. The van der Waals surface area contributed by atoms with Gasteiger partial charge in [0.1, 0.15) is 6.04 Å². The van der Waals surface area contributed by atoms with Gasteiger partial charge in [-0.3, -0.25) is 9.59 Å². The van der Waals surface area contributed by atoms with Crippen LogP contribution in [0.25, 0.3) is 10.9 Å². The zero-order valence-corrected chi connectivity index (χ0v) is 19.6. The van der Waals surface area contributed by atoms with E-state index in [4.69, 9.17) is 28.9 Å². The van der Waals surface area contributed by atoms with Crippen LogP contribution in [0, 0.1) is 0 Å². The number of hydrogen-bond donors (Lipinski definition) is 3. The van der Waals surface area contributed by atoms with E-state index in [1.165, 1.54) is 11.9 Å². The van der Waals surface area contributed by atoms with Gasteiger partial charge in [-0.15, -0.1) is 0 Å². The number of amides is 2. The lowest BCUT2D eigenvalue weighted by Crippen LogP contribution is -2.53. The van der Waals surface area contributed by atoms with Crippen molar-refractivity contribution >= 4 is 57.9 Å². The van der Waals surface area contributed by atoms with Crippen molar-refractivity contribution in [2.75, 3.05) is 6.54 Å². The Morgan fingerprint density at radius 3 is 2.69 bits per heavy atom. The van der Waals surface area contributed by atoms with Gasteiger partial charge in [-0.05, 0) is 54.6 Å². The minimum Gasteiger partial charge on any atom is -0.368 e. The van der Waals surface area contributed by atoms with Crippen molar-refractivity contribution in [1.82, 2.24) is 14.6 Å². The molecule has 4 N–H and O–H groups in total. The summed E-state index contributed by atoms with van der Waals surface area (Å²) in [7, 11) is 0. The number of carbonyl (C=O) groups is 2. The molecule has 0 aliphatic carbocycles. The van der Waals surface area contributed by atoms with Crippen molar-refractivity contribution < 1.29 is 9.59 Å². The van der Waals surface area contributed by atoms with E-state index in [-0.39, 0.29) is 11.9 Å². The van der Waals surface area contributed by atoms with Crippen LogP contribution >= 0.6 is 35.1 Å². The van der Waals surface area contributed by atoms with E-state index in [0.717, 1.165) is 40.7 Å². The predicted octanol–water partition coefficient (Wildman–Crippen LogP) is 4.55. The summed E-state index contributed by atoms with van der Waals surface area (Å²) < 4.78 is 2.03. The number of piperidine rings is 1. The van der Waals surface area contributed by atoms with Gasteiger partial charge in [0.2, 0.25) is 11.8 Å². The monoisotopic (exact) mass is 490 g/mol. The average molecular weight is 491 g/mol. The quantitative estimate of drug-likeness (QED) is 0.423. The number of primary amides is 1. The Kier molecular flexibility index (Phi) is 7.30. The van der Waals surface area contributed by atoms with Crippen molar-refractivity contribution in [3.63, 3.8) is 0 Å². The number of benzene rings is 2. The molecular formula is C23H24Cl2N4O2S. The zero-order valence-electron chi connectivity index (χ0n) is 17.3.